The molecule has 0 bridgehead atoms. The fourth-order valence-electron chi connectivity index (χ4n) is 3.18. The fraction of sp³-hybridized carbons (Fsp3) is 0.176. The van der Waals surface area contributed by atoms with E-state index < -0.39 is 28.3 Å². The van der Waals surface area contributed by atoms with E-state index in [0.717, 1.165) is 10.1 Å². The van der Waals surface area contributed by atoms with Gasteiger partial charge in [-0.1, -0.05) is 18.2 Å². The number of rotatable bonds is 4. The number of hydrogen-bond donors (Lipinski definition) is 1. The van der Waals surface area contributed by atoms with E-state index in [-0.39, 0.29) is 16.0 Å². The lowest BCUT2D eigenvalue weighted by molar-refractivity contribution is -0.137. The number of carbonyl (C=O) groups is 1. The molecule has 0 saturated carbocycles. The van der Waals surface area contributed by atoms with Gasteiger partial charge in [-0.3, -0.25) is 13.7 Å². The van der Waals surface area contributed by atoms with Crippen molar-refractivity contribution in [1.29, 1.82) is 0 Å². The van der Waals surface area contributed by atoms with E-state index in [2.05, 4.69) is 0 Å². The minimum Gasteiger partial charge on any atom is -0.480 e. The van der Waals surface area contributed by atoms with Gasteiger partial charge in [0, 0.05) is 12.6 Å². The van der Waals surface area contributed by atoms with Crippen molar-refractivity contribution >= 4 is 32.8 Å². The number of anilines is 1. The lowest BCUT2D eigenvalue weighted by Crippen LogP contribution is -2.29. The van der Waals surface area contributed by atoms with Gasteiger partial charge in [0.1, 0.15) is 6.54 Å². The Morgan fingerprint density at radius 3 is 2.73 bits per heavy atom. The summed E-state index contributed by atoms with van der Waals surface area (Å²) in [6, 6.07) is 11.3. The number of fused-ring (bicyclic) bond motifs is 2. The molecule has 0 aliphatic carbocycles. The molecule has 3 aromatic rings. The van der Waals surface area contributed by atoms with Gasteiger partial charge < -0.3 is 9.52 Å². The molecule has 0 spiro atoms. The highest BCUT2D eigenvalue weighted by molar-refractivity contribution is 7.92. The molecule has 0 radical (unpaired) electrons. The molecule has 0 atom stereocenters. The van der Waals surface area contributed by atoms with E-state index in [1.807, 2.05) is 12.1 Å². The highest BCUT2D eigenvalue weighted by atomic mass is 32.2. The van der Waals surface area contributed by atoms with Crippen LogP contribution < -0.4 is 10.1 Å². The van der Waals surface area contributed by atoms with Crippen molar-refractivity contribution in [3.05, 3.63) is 58.6 Å². The molecule has 8 nitrogen and oxygen atoms in total. The summed E-state index contributed by atoms with van der Waals surface area (Å²) < 4.78 is 33.3. The van der Waals surface area contributed by atoms with Gasteiger partial charge in [0.2, 0.25) is 0 Å². The number of carboxylic acids is 1. The largest absolute Gasteiger partial charge is 0.480 e. The molecule has 4 rings (SSSR count). The molecule has 1 aromatic heterocycles. The van der Waals surface area contributed by atoms with Gasteiger partial charge in [0.25, 0.3) is 10.0 Å². The maximum atomic E-state index is 13.0. The lowest BCUT2D eigenvalue weighted by atomic mass is 10.2. The average Bonchev–Trinajstić information content (AvgIpc) is 3.16. The van der Waals surface area contributed by atoms with Gasteiger partial charge in [0.15, 0.2) is 5.58 Å². The SMILES string of the molecule is O=C(O)Cn1c(=O)oc2cc(S(=O)(=O)N3CCc4ccccc43)ccc21. The number of sulfonamides is 1. The van der Waals surface area contributed by atoms with Crippen LogP contribution in [-0.2, 0) is 27.8 Å². The number of carboxylic acid groups (broad SMARTS) is 1. The summed E-state index contributed by atoms with van der Waals surface area (Å²) in [6.07, 6.45) is 0.627. The first-order valence-corrected chi connectivity index (χ1v) is 9.28. The monoisotopic (exact) mass is 374 g/mol. The second-order valence-electron chi connectivity index (χ2n) is 5.93. The predicted molar refractivity (Wildman–Crippen MR) is 92.8 cm³/mol. The maximum Gasteiger partial charge on any atom is 0.420 e. The summed E-state index contributed by atoms with van der Waals surface area (Å²) in [5.41, 5.74) is 1.86. The first kappa shape index (κ1) is 16.4. The number of benzene rings is 2. The van der Waals surface area contributed by atoms with E-state index in [0.29, 0.717) is 18.7 Å². The van der Waals surface area contributed by atoms with Gasteiger partial charge in [-0.15, -0.1) is 0 Å². The standard InChI is InChI=1S/C17H14N2O6S/c20-16(21)10-18-14-6-5-12(9-15(14)25-17(18)22)26(23,24)19-8-7-11-3-1-2-4-13(11)19/h1-6,9H,7-8,10H2,(H,20,21). The van der Waals surface area contributed by atoms with Crippen molar-refractivity contribution in [3.63, 3.8) is 0 Å². The highest BCUT2D eigenvalue weighted by Crippen LogP contribution is 2.33. The molecule has 1 aliphatic heterocycles. The molecule has 2 heterocycles. The third-order valence-corrected chi connectivity index (χ3v) is 6.17. The fourth-order valence-corrected chi connectivity index (χ4v) is 4.70. The molecule has 26 heavy (non-hydrogen) atoms. The minimum atomic E-state index is -3.82. The second-order valence-corrected chi connectivity index (χ2v) is 7.80. The third kappa shape index (κ3) is 2.48. The zero-order valence-electron chi connectivity index (χ0n) is 13.5. The molecule has 1 N–H and O–H groups in total. The Balaban J connectivity index is 1.80. The number of hydrogen-bond acceptors (Lipinski definition) is 5. The van der Waals surface area contributed by atoms with Crippen LogP contribution in [0.1, 0.15) is 5.56 Å². The van der Waals surface area contributed by atoms with Crippen LogP contribution in [0, 0.1) is 0 Å². The van der Waals surface area contributed by atoms with Gasteiger partial charge in [-0.2, -0.15) is 0 Å². The van der Waals surface area contributed by atoms with Gasteiger partial charge in [-0.05, 0) is 30.2 Å². The Hall–Kier alpha value is -3.07. The Morgan fingerprint density at radius 1 is 1.19 bits per heavy atom. The molecular formula is C17H14N2O6S. The second kappa shape index (κ2) is 5.73. The van der Waals surface area contributed by atoms with Crippen LogP contribution in [0.15, 0.2) is 56.6 Å². The van der Waals surface area contributed by atoms with Crippen molar-refractivity contribution in [2.75, 3.05) is 10.8 Å². The number of para-hydroxylation sites is 1. The number of oxazole rings is 1. The minimum absolute atomic E-state index is 0.0158. The topological polar surface area (TPSA) is 110 Å². The molecule has 134 valence electrons. The van der Waals surface area contributed by atoms with Crippen LogP contribution in [0.2, 0.25) is 0 Å². The summed E-state index contributed by atoms with van der Waals surface area (Å²) in [5.74, 6) is -2.04. The lowest BCUT2D eigenvalue weighted by Gasteiger charge is -2.19. The Kier molecular flexibility index (Phi) is 3.62. The van der Waals surface area contributed by atoms with Crippen molar-refractivity contribution < 1.29 is 22.7 Å². The van der Waals surface area contributed by atoms with Crippen LogP contribution in [0.3, 0.4) is 0 Å². The molecule has 0 unspecified atom stereocenters. The maximum absolute atomic E-state index is 13.0. The first-order chi connectivity index (χ1) is 12.4. The smallest absolute Gasteiger partial charge is 0.420 e. The van der Waals surface area contributed by atoms with Crippen LogP contribution in [0.25, 0.3) is 11.1 Å². The van der Waals surface area contributed by atoms with E-state index in [1.54, 1.807) is 12.1 Å². The molecule has 0 saturated heterocycles. The summed E-state index contributed by atoms with van der Waals surface area (Å²) in [6.45, 7) is -0.221. The van der Waals surface area contributed by atoms with Crippen LogP contribution in [0.4, 0.5) is 5.69 Å². The Labute approximate surface area is 147 Å². The normalized spacial score (nSPS) is 13.9. The third-order valence-electron chi connectivity index (χ3n) is 4.37. The van der Waals surface area contributed by atoms with E-state index in [1.165, 1.54) is 22.5 Å². The summed E-state index contributed by atoms with van der Waals surface area (Å²) in [7, 11) is -3.82. The van der Waals surface area contributed by atoms with Crippen molar-refractivity contribution in [3.8, 4) is 0 Å². The molecule has 9 heteroatoms. The zero-order chi connectivity index (χ0) is 18.5. The molecule has 2 aromatic carbocycles. The Bertz CT molecular complexity index is 1190. The molecule has 0 amide bonds. The van der Waals surface area contributed by atoms with E-state index in [4.69, 9.17) is 9.52 Å². The van der Waals surface area contributed by atoms with Crippen molar-refractivity contribution in [1.82, 2.24) is 4.57 Å². The van der Waals surface area contributed by atoms with Crippen LogP contribution in [-0.4, -0.2) is 30.6 Å². The first-order valence-electron chi connectivity index (χ1n) is 7.84. The number of aliphatic carboxylic acids is 1. The zero-order valence-corrected chi connectivity index (χ0v) is 14.3. The summed E-state index contributed by atoms with van der Waals surface area (Å²) >= 11 is 0. The average molecular weight is 374 g/mol. The van der Waals surface area contributed by atoms with Crippen molar-refractivity contribution in [2.45, 2.75) is 17.9 Å². The van der Waals surface area contributed by atoms with E-state index in [9.17, 15) is 18.0 Å². The van der Waals surface area contributed by atoms with Crippen LogP contribution >= 0.6 is 0 Å². The van der Waals surface area contributed by atoms with Crippen molar-refractivity contribution in [2.24, 2.45) is 0 Å². The summed E-state index contributed by atoms with van der Waals surface area (Å²) in [5, 5.41) is 8.89. The summed E-state index contributed by atoms with van der Waals surface area (Å²) in [4.78, 5) is 22.7. The molecular weight excluding hydrogens is 360 g/mol. The number of nitrogens with zero attached hydrogens (tertiary/aromatic N) is 2. The van der Waals surface area contributed by atoms with E-state index >= 15 is 0 Å². The molecule has 0 fully saturated rings. The Morgan fingerprint density at radius 2 is 1.96 bits per heavy atom. The van der Waals surface area contributed by atoms with Crippen LogP contribution in [0.5, 0.6) is 0 Å². The number of aromatic nitrogens is 1. The predicted octanol–water partition coefficient (Wildman–Crippen LogP) is 1.43. The quantitative estimate of drug-likeness (QED) is 0.740. The highest BCUT2D eigenvalue weighted by Gasteiger charge is 2.31. The van der Waals surface area contributed by atoms with Gasteiger partial charge >= 0.3 is 11.7 Å². The van der Waals surface area contributed by atoms with Gasteiger partial charge in [0.05, 0.1) is 16.1 Å². The molecule has 1 aliphatic rings. The van der Waals surface area contributed by atoms with Gasteiger partial charge in [-0.25, -0.2) is 13.2 Å².